The number of hydrogen-bond donors (Lipinski definition) is 2. The van der Waals surface area contributed by atoms with E-state index in [1.54, 1.807) is 0 Å². The highest BCUT2D eigenvalue weighted by atomic mass is 35.5. The number of aliphatic imine (C=N–C) groups is 1. The number of hydrogen-bond acceptors (Lipinski definition) is 5. The van der Waals surface area contributed by atoms with E-state index in [4.69, 9.17) is 16.6 Å². The molecule has 1 aliphatic heterocycles. The fourth-order valence-corrected chi connectivity index (χ4v) is 3.91. The first kappa shape index (κ1) is 21.8. The molecule has 1 aliphatic rings. The summed E-state index contributed by atoms with van der Waals surface area (Å²) in [5, 5.41) is 16.2. The Morgan fingerprint density at radius 3 is 2.97 bits per heavy atom. The van der Waals surface area contributed by atoms with Crippen molar-refractivity contribution in [1.29, 1.82) is 0 Å². The molecule has 9 heteroatoms. The Bertz CT molecular complexity index is 823. The number of halogens is 1. The highest BCUT2D eigenvalue weighted by Crippen LogP contribution is 2.23. The van der Waals surface area contributed by atoms with Crippen molar-refractivity contribution in [3.63, 3.8) is 0 Å². The number of benzene rings is 1. The summed E-state index contributed by atoms with van der Waals surface area (Å²) in [5.41, 5.74) is 1.17. The molecule has 1 aromatic carbocycles. The molecule has 0 bridgehead atoms. The van der Waals surface area contributed by atoms with Gasteiger partial charge in [0.05, 0.1) is 0 Å². The fourth-order valence-electron chi connectivity index (χ4n) is 3.29. The summed E-state index contributed by atoms with van der Waals surface area (Å²) >= 11 is 8.02. The van der Waals surface area contributed by atoms with E-state index in [9.17, 15) is 0 Å². The average molecular weight is 436 g/mol. The van der Waals surface area contributed by atoms with E-state index < -0.39 is 0 Å². The molecular weight excluding hydrogens is 406 g/mol. The van der Waals surface area contributed by atoms with Crippen molar-refractivity contribution in [2.45, 2.75) is 32.4 Å². The van der Waals surface area contributed by atoms with Gasteiger partial charge in [0.15, 0.2) is 11.8 Å². The van der Waals surface area contributed by atoms with Crippen LogP contribution in [-0.4, -0.2) is 58.4 Å². The van der Waals surface area contributed by atoms with Gasteiger partial charge in [-0.3, -0.25) is 0 Å². The van der Waals surface area contributed by atoms with E-state index in [2.05, 4.69) is 38.1 Å². The number of aryl methyl sites for hydroxylation is 1. The van der Waals surface area contributed by atoms with Gasteiger partial charge >= 0.3 is 0 Å². The number of nitrogens with zero attached hydrogens (tertiary/aromatic N) is 5. The third-order valence-electron chi connectivity index (χ3n) is 5.08. The lowest BCUT2D eigenvalue weighted by Gasteiger charge is -2.21. The molecule has 1 aromatic heterocycles. The number of anilines is 1. The van der Waals surface area contributed by atoms with Crippen molar-refractivity contribution < 1.29 is 0 Å². The maximum Gasteiger partial charge on any atom is 0.191 e. The lowest BCUT2D eigenvalue weighted by atomic mass is 10.2. The van der Waals surface area contributed by atoms with Crippen molar-refractivity contribution >= 4 is 35.0 Å². The molecular formula is C20H30ClN7S. The molecule has 0 spiro atoms. The Kier molecular flexibility index (Phi) is 8.06. The topological polar surface area (TPSA) is 70.4 Å². The minimum absolute atomic E-state index is 0.335. The molecule has 158 valence electrons. The molecule has 1 atom stereocenters. The Labute approximate surface area is 182 Å². The van der Waals surface area contributed by atoms with Crippen LogP contribution in [0.25, 0.3) is 0 Å². The molecule has 0 saturated carbocycles. The van der Waals surface area contributed by atoms with E-state index in [-0.39, 0.29) is 0 Å². The van der Waals surface area contributed by atoms with Crippen molar-refractivity contribution in [3.8, 4) is 0 Å². The Morgan fingerprint density at radius 2 is 2.24 bits per heavy atom. The summed E-state index contributed by atoms with van der Waals surface area (Å²) in [6.45, 7) is 5.27. The van der Waals surface area contributed by atoms with Crippen molar-refractivity contribution in [3.05, 3.63) is 40.9 Å². The quantitative estimate of drug-likeness (QED) is 0.377. The maximum atomic E-state index is 6.15. The zero-order chi connectivity index (χ0) is 20.6. The van der Waals surface area contributed by atoms with Crippen LogP contribution >= 0.6 is 23.4 Å². The van der Waals surface area contributed by atoms with Crippen LogP contribution in [0.15, 0.2) is 29.3 Å². The number of thioether (sulfide) groups is 1. The van der Waals surface area contributed by atoms with Gasteiger partial charge < -0.3 is 20.1 Å². The highest BCUT2D eigenvalue weighted by molar-refractivity contribution is 7.98. The van der Waals surface area contributed by atoms with Crippen LogP contribution in [-0.2, 0) is 13.6 Å². The molecule has 2 heterocycles. The number of rotatable bonds is 8. The standard InChI is InChI=1S/C20H30ClN7S/c1-15-25-26-19(27(15)2)13-23-20(22-9-5-11-29-3)24-17-8-10-28(14-17)18-7-4-6-16(21)12-18/h4,6-7,12,17H,5,8-11,13-14H2,1-3H3,(H2,22,23,24). The molecule has 3 rings (SSSR count). The lowest BCUT2D eigenvalue weighted by molar-refractivity contribution is 0.642. The average Bonchev–Trinajstić information content (AvgIpc) is 3.30. The SMILES string of the molecule is CSCCCNC(=NCc1nnc(C)n1C)NC1CCN(c2cccc(Cl)c2)C1. The maximum absolute atomic E-state index is 6.15. The zero-order valence-corrected chi connectivity index (χ0v) is 18.9. The Morgan fingerprint density at radius 1 is 1.38 bits per heavy atom. The minimum atomic E-state index is 0.335. The van der Waals surface area contributed by atoms with Gasteiger partial charge in [0, 0.05) is 43.4 Å². The van der Waals surface area contributed by atoms with Gasteiger partial charge in [0.2, 0.25) is 0 Å². The molecule has 1 unspecified atom stereocenters. The second-order valence-corrected chi connectivity index (χ2v) is 8.64. The summed E-state index contributed by atoms with van der Waals surface area (Å²) in [4.78, 5) is 7.13. The predicted octanol–water partition coefficient (Wildman–Crippen LogP) is 2.84. The Balaban J connectivity index is 1.61. The van der Waals surface area contributed by atoms with E-state index in [1.165, 1.54) is 5.69 Å². The molecule has 7 nitrogen and oxygen atoms in total. The van der Waals surface area contributed by atoms with Gasteiger partial charge in [-0.1, -0.05) is 17.7 Å². The van der Waals surface area contributed by atoms with E-state index in [0.29, 0.717) is 12.6 Å². The smallest absolute Gasteiger partial charge is 0.191 e. The fraction of sp³-hybridized carbons (Fsp3) is 0.550. The summed E-state index contributed by atoms with van der Waals surface area (Å²) in [5.74, 6) is 3.73. The van der Waals surface area contributed by atoms with Gasteiger partial charge in [0.25, 0.3) is 0 Å². The second-order valence-electron chi connectivity index (χ2n) is 7.22. The van der Waals surface area contributed by atoms with Gasteiger partial charge in [-0.05, 0) is 50.0 Å². The summed E-state index contributed by atoms with van der Waals surface area (Å²) in [7, 11) is 1.97. The van der Waals surface area contributed by atoms with Crippen molar-refractivity contribution in [2.24, 2.45) is 12.0 Å². The summed E-state index contributed by atoms with van der Waals surface area (Å²) in [6.07, 6.45) is 4.29. The molecule has 0 radical (unpaired) electrons. The van der Waals surface area contributed by atoms with E-state index in [0.717, 1.165) is 60.9 Å². The molecule has 0 amide bonds. The van der Waals surface area contributed by atoms with E-state index >= 15 is 0 Å². The Hall–Kier alpha value is -1.93. The van der Waals surface area contributed by atoms with Crippen LogP contribution in [0, 0.1) is 6.92 Å². The molecule has 1 fully saturated rings. The number of guanidine groups is 1. The molecule has 2 aromatic rings. The van der Waals surface area contributed by atoms with E-state index in [1.807, 2.05) is 48.5 Å². The number of aromatic nitrogens is 3. The highest BCUT2D eigenvalue weighted by Gasteiger charge is 2.23. The van der Waals surface area contributed by atoms with Crippen LogP contribution in [0.1, 0.15) is 24.5 Å². The lowest BCUT2D eigenvalue weighted by Crippen LogP contribution is -2.45. The van der Waals surface area contributed by atoms with Gasteiger partial charge in [-0.15, -0.1) is 10.2 Å². The normalized spacial score (nSPS) is 17.0. The third-order valence-corrected chi connectivity index (χ3v) is 6.01. The summed E-state index contributed by atoms with van der Waals surface area (Å²) in [6, 6.07) is 8.38. The first-order valence-electron chi connectivity index (χ1n) is 9.96. The van der Waals surface area contributed by atoms with Gasteiger partial charge in [-0.25, -0.2) is 4.99 Å². The third kappa shape index (κ3) is 6.27. The van der Waals surface area contributed by atoms with Crippen LogP contribution in [0.4, 0.5) is 5.69 Å². The van der Waals surface area contributed by atoms with Crippen LogP contribution in [0.2, 0.25) is 5.02 Å². The zero-order valence-electron chi connectivity index (χ0n) is 17.4. The molecule has 29 heavy (non-hydrogen) atoms. The van der Waals surface area contributed by atoms with Gasteiger partial charge in [0.1, 0.15) is 12.4 Å². The van der Waals surface area contributed by atoms with Crippen LogP contribution in [0.3, 0.4) is 0 Å². The first-order valence-corrected chi connectivity index (χ1v) is 11.7. The predicted molar refractivity (Wildman–Crippen MR) is 123 cm³/mol. The molecule has 0 aliphatic carbocycles. The second kappa shape index (κ2) is 10.7. The molecule has 1 saturated heterocycles. The van der Waals surface area contributed by atoms with Crippen molar-refractivity contribution in [1.82, 2.24) is 25.4 Å². The van der Waals surface area contributed by atoms with Crippen molar-refractivity contribution in [2.75, 3.05) is 36.5 Å². The first-order chi connectivity index (χ1) is 14.1. The van der Waals surface area contributed by atoms with Crippen LogP contribution < -0.4 is 15.5 Å². The van der Waals surface area contributed by atoms with Crippen LogP contribution in [0.5, 0.6) is 0 Å². The number of nitrogens with one attached hydrogen (secondary N) is 2. The largest absolute Gasteiger partial charge is 0.369 e. The van der Waals surface area contributed by atoms with Gasteiger partial charge in [-0.2, -0.15) is 11.8 Å². The monoisotopic (exact) mass is 435 g/mol. The summed E-state index contributed by atoms with van der Waals surface area (Å²) < 4.78 is 1.98. The minimum Gasteiger partial charge on any atom is -0.369 e. The molecule has 2 N–H and O–H groups in total.